The maximum atomic E-state index is 12.7. The Balaban J connectivity index is 1.99. The second-order valence-corrected chi connectivity index (χ2v) is 9.09. The number of ether oxygens (including phenoxy) is 1. The largest absolute Gasteiger partial charge is 0.466 e. The molecule has 0 radical (unpaired) electrons. The minimum Gasteiger partial charge on any atom is -0.466 e. The summed E-state index contributed by atoms with van der Waals surface area (Å²) in [6.07, 6.45) is 2.53. The van der Waals surface area contributed by atoms with E-state index in [2.05, 4.69) is 18.8 Å². The third-order valence-corrected chi connectivity index (χ3v) is 5.17. The first kappa shape index (κ1) is 19.8. The molecule has 1 heterocycles. The number of rotatable bonds is 6. The van der Waals surface area contributed by atoms with Gasteiger partial charge in [0.25, 0.3) is 0 Å². The summed E-state index contributed by atoms with van der Waals surface area (Å²) in [4.78, 5) is 41.5. The maximum absolute atomic E-state index is 12.7. The van der Waals surface area contributed by atoms with Gasteiger partial charge in [0.1, 0.15) is 11.6 Å². The zero-order valence-electron chi connectivity index (χ0n) is 16.2. The molecule has 0 saturated heterocycles. The molecule has 25 heavy (non-hydrogen) atoms. The van der Waals surface area contributed by atoms with Crippen molar-refractivity contribution in [3.8, 4) is 0 Å². The zero-order valence-corrected chi connectivity index (χ0v) is 16.2. The highest BCUT2D eigenvalue weighted by atomic mass is 16.5. The first-order valence-corrected chi connectivity index (χ1v) is 9.27. The van der Waals surface area contributed by atoms with Gasteiger partial charge in [-0.05, 0) is 30.6 Å². The summed E-state index contributed by atoms with van der Waals surface area (Å²) in [7, 11) is 0. The van der Waals surface area contributed by atoms with Crippen molar-refractivity contribution < 1.29 is 19.1 Å². The lowest BCUT2D eigenvalue weighted by Crippen LogP contribution is -2.43. The fourth-order valence-electron chi connectivity index (χ4n) is 3.99. The molecule has 2 aliphatic rings. The Bertz CT molecular complexity index is 589. The van der Waals surface area contributed by atoms with Crippen LogP contribution in [0.15, 0.2) is 4.99 Å². The highest BCUT2D eigenvalue weighted by molar-refractivity contribution is 6.08. The van der Waals surface area contributed by atoms with Crippen LogP contribution >= 0.6 is 0 Å². The van der Waals surface area contributed by atoms with Crippen LogP contribution in [-0.2, 0) is 19.1 Å². The summed E-state index contributed by atoms with van der Waals surface area (Å²) >= 11 is 0. The summed E-state index contributed by atoms with van der Waals surface area (Å²) in [6, 6.07) is 0. The Labute approximate surface area is 150 Å². The van der Waals surface area contributed by atoms with Gasteiger partial charge in [0.05, 0.1) is 18.9 Å². The van der Waals surface area contributed by atoms with E-state index in [1.165, 1.54) is 0 Å². The van der Waals surface area contributed by atoms with Gasteiger partial charge in [0.2, 0.25) is 0 Å². The van der Waals surface area contributed by atoms with Crippen molar-refractivity contribution in [2.45, 2.75) is 66.7 Å². The molecule has 1 saturated carbocycles. The van der Waals surface area contributed by atoms with Crippen LogP contribution in [0.4, 0.5) is 0 Å². The average Bonchev–Trinajstić information content (AvgIpc) is 2.44. The van der Waals surface area contributed by atoms with Gasteiger partial charge in [-0.3, -0.25) is 19.4 Å². The van der Waals surface area contributed by atoms with Crippen LogP contribution in [-0.4, -0.2) is 36.4 Å². The Hall–Kier alpha value is -1.52. The maximum Gasteiger partial charge on any atom is 0.306 e. The topological polar surface area (TPSA) is 72.8 Å². The third-order valence-electron chi connectivity index (χ3n) is 5.17. The predicted molar refractivity (Wildman–Crippen MR) is 96.6 cm³/mol. The molecular weight excluding hydrogens is 318 g/mol. The Morgan fingerprint density at radius 2 is 1.92 bits per heavy atom. The van der Waals surface area contributed by atoms with Crippen LogP contribution in [0.2, 0.25) is 0 Å². The summed E-state index contributed by atoms with van der Waals surface area (Å²) in [6.45, 7) is 10.6. The molecule has 5 nitrogen and oxygen atoms in total. The Kier molecular flexibility index (Phi) is 5.85. The van der Waals surface area contributed by atoms with Crippen LogP contribution in [0.1, 0.15) is 66.7 Å². The quantitative estimate of drug-likeness (QED) is 0.689. The van der Waals surface area contributed by atoms with Crippen molar-refractivity contribution in [3.05, 3.63) is 0 Å². The number of hydrogen-bond acceptors (Lipinski definition) is 5. The van der Waals surface area contributed by atoms with Crippen LogP contribution in [0.3, 0.4) is 0 Å². The summed E-state index contributed by atoms with van der Waals surface area (Å²) in [5.74, 6) is -0.328. The minimum absolute atomic E-state index is 0.0229. The van der Waals surface area contributed by atoms with Crippen molar-refractivity contribution in [2.24, 2.45) is 27.7 Å². The van der Waals surface area contributed by atoms with Crippen molar-refractivity contribution in [2.75, 3.05) is 13.2 Å². The molecule has 1 fully saturated rings. The van der Waals surface area contributed by atoms with E-state index in [1.54, 1.807) is 6.92 Å². The van der Waals surface area contributed by atoms with Crippen molar-refractivity contribution in [1.29, 1.82) is 0 Å². The lowest BCUT2D eigenvalue weighted by Gasteiger charge is -2.38. The molecule has 140 valence electrons. The molecule has 0 bridgehead atoms. The lowest BCUT2D eigenvalue weighted by molar-refractivity contribution is -0.145. The molecule has 0 spiro atoms. The molecule has 1 aliphatic heterocycles. The molecule has 0 N–H and O–H groups in total. The molecule has 1 aliphatic carbocycles. The number of nitrogens with zero attached hydrogens (tertiary/aromatic N) is 1. The summed E-state index contributed by atoms with van der Waals surface area (Å²) in [5, 5.41) is 0. The molecule has 2 atom stereocenters. The molecule has 2 rings (SSSR count). The smallest absolute Gasteiger partial charge is 0.306 e. The van der Waals surface area contributed by atoms with E-state index in [-0.39, 0.29) is 41.2 Å². The summed E-state index contributed by atoms with van der Waals surface area (Å²) < 4.78 is 4.99. The van der Waals surface area contributed by atoms with E-state index >= 15 is 0 Å². The van der Waals surface area contributed by atoms with Gasteiger partial charge in [0.15, 0.2) is 0 Å². The number of carbonyl (C=O) groups is 3. The number of ketones is 2. The van der Waals surface area contributed by atoms with E-state index in [9.17, 15) is 14.4 Å². The van der Waals surface area contributed by atoms with E-state index in [1.807, 2.05) is 13.8 Å². The predicted octanol–water partition coefficient (Wildman–Crippen LogP) is 3.39. The second kappa shape index (κ2) is 7.38. The van der Waals surface area contributed by atoms with Gasteiger partial charge < -0.3 is 4.74 Å². The first-order chi connectivity index (χ1) is 11.5. The van der Waals surface area contributed by atoms with Gasteiger partial charge in [0, 0.05) is 31.0 Å². The first-order valence-electron chi connectivity index (χ1n) is 9.27. The molecule has 0 aromatic carbocycles. The van der Waals surface area contributed by atoms with E-state index in [0.717, 1.165) is 12.1 Å². The van der Waals surface area contributed by atoms with E-state index in [0.29, 0.717) is 32.4 Å². The van der Waals surface area contributed by atoms with E-state index < -0.39 is 5.41 Å². The average molecular weight is 349 g/mol. The molecular formula is C20H31NO4. The van der Waals surface area contributed by atoms with Gasteiger partial charge in [-0.1, -0.05) is 27.7 Å². The second-order valence-electron chi connectivity index (χ2n) is 9.09. The number of hydrogen-bond donors (Lipinski definition) is 0. The number of Topliss-reactive ketones (excluding diaryl/α,β-unsaturated/α-hetero) is 2. The minimum atomic E-state index is -0.439. The number of fused-ring (bicyclic) bond motifs is 1. The Morgan fingerprint density at radius 3 is 2.56 bits per heavy atom. The van der Waals surface area contributed by atoms with Crippen molar-refractivity contribution >= 4 is 23.2 Å². The third kappa shape index (κ3) is 5.23. The van der Waals surface area contributed by atoms with Crippen LogP contribution in [0, 0.1) is 22.7 Å². The van der Waals surface area contributed by atoms with Crippen LogP contribution < -0.4 is 0 Å². The van der Waals surface area contributed by atoms with Gasteiger partial charge >= 0.3 is 5.97 Å². The monoisotopic (exact) mass is 349 g/mol. The van der Waals surface area contributed by atoms with Crippen LogP contribution in [0.25, 0.3) is 0 Å². The van der Waals surface area contributed by atoms with Crippen LogP contribution in [0.5, 0.6) is 0 Å². The molecule has 0 aromatic heterocycles. The van der Waals surface area contributed by atoms with Gasteiger partial charge in [-0.2, -0.15) is 0 Å². The highest BCUT2D eigenvalue weighted by Crippen LogP contribution is 2.39. The number of esters is 1. The fraction of sp³-hybridized carbons (Fsp3) is 0.800. The SMILES string of the molecule is CCOC(=O)CC(C)(C)CC(=O)[C@@H]1CN=C2CC(C)(C)CC(=O)[C@H]2C1. The normalized spacial score (nSPS) is 25.8. The molecule has 0 aromatic rings. The highest BCUT2D eigenvalue weighted by Gasteiger charge is 2.42. The van der Waals surface area contributed by atoms with E-state index in [4.69, 9.17) is 4.74 Å². The van der Waals surface area contributed by atoms with Crippen molar-refractivity contribution in [1.82, 2.24) is 0 Å². The number of aliphatic imine (C=N–C) groups is 1. The van der Waals surface area contributed by atoms with Gasteiger partial charge in [-0.25, -0.2) is 0 Å². The van der Waals surface area contributed by atoms with Crippen molar-refractivity contribution in [3.63, 3.8) is 0 Å². The standard InChI is InChI=1S/C20H31NO4/c1-6-25-18(24)11-20(4,5)9-16(22)13-7-14-15(21-12-13)8-19(2,3)10-17(14)23/h13-14H,6-12H2,1-5H3/t13-,14-/m0/s1. The molecule has 0 amide bonds. The Morgan fingerprint density at radius 1 is 1.24 bits per heavy atom. The fourth-order valence-corrected chi connectivity index (χ4v) is 3.99. The molecule has 0 unspecified atom stereocenters. The zero-order chi connectivity index (χ0) is 18.8. The number of carbonyl (C=O) groups excluding carboxylic acids is 3. The lowest BCUT2D eigenvalue weighted by atomic mass is 9.67. The van der Waals surface area contributed by atoms with Gasteiger partial charge in [-0.15, -0.1) is 0 Å². The summed E-state index contributed by atoms with van der Waals surface area (Å²) in [5.41, 5.74) is 0.521. The molecule has 5 heteroatoms.